The van der Waals surface area contributed by atoms with E-state index >= 15 is 0 Å². The average Bonchev–Trinajstić information content (AvgIpc) is 3.28. The van der Waals surface area contributed by atoms with Crippen LogP contribution < -0.4 is 5.69 Å². The van der Waals surface area contributed by atoms with E-state index in [4.69, 9.17) is 0 Å². The Morgan fingerprint density at radius 1 is 1.27 bits per heavy atom. The summed E-state index contributed by atoms with van der Waals surface area (Å²) in [6.07, 6.45) is 3.70. The SMILES string of the molecule is CCn1ncnc1CN1CCC[C@H](c2n[nH]c(=O)n2-c2ccccc2)C1. The van der Waals surface area contributed by atoms with Gasteiger partial charge in [-0.1, -0.05) is 18.2 Å². The summed E-state index contributed by atoms with van der Waals surface area (Å²) in [4.78, 5) is 19.1. The first-order valence-corrected chi connectivity index (χ1v) is 9.08. The molecule has 0 bridgehead atoms. The normalized spacial score (nSPS) is 18.3. The maximum Gasteiger partial charge on any atom is 0.347 e. The Kier molecular flexibility index (Phi) is 4.66. The number of para-hydroxylation sites is 1. The van der Waals surface area contributed by atoms with E-state index in [1.807, 2.05) is 35.0 Å². The standard InChI is InChI=1S/C18H23N7O/c1-2-24-16(19-13-20-24)12-23-10-6-7-14(11-23)17-21-22-18(26)25(17)15-8-4-3-5-9-15/h3-5,8-9,13-14H,2,6-7,10-12H2,1H3,(H,22,26)/t14-/m0/s1. The van der Waals surface area contributed by atoms with Crippen molar-refractivity contribution in [3.05, 3.63) is 58.8 Å². The van der Waals surface area contributed by atoms with Crippen molar-refractivity contribution in [1.82, 2.24) is 34.4 Å². The van der Waals surface area contributed by atoms with Gasteiger partial charge in [0.1, 0.15) is 18.0 Å². The van der Waals surface area contributed by atoms with E-state index < -0.39 is 0 Å². The van der Waals surface area contributed by atoms with E-state index in [0.717, 1.165) is 56.4 Å². The van der Waals surface area contributed by atoms with Gasteiger partial charge in [-0.2, -0.15) is 10.2 Å². The number of hydrogen-bond acceptors (Lipinski definition) is 5. The number of aromatic nitrogens is 6. The van der Waals surface area contributed by atoms with Crippen molar-refractivity contribution >= 4 is 0 Å². The topological polar surface area (TPSA) is 84.6 Å². The zero-order valence-electron chi connectivity index (χ0n) is 14.9. The van der Waals surface area contributed by atoms with Crippen LogP contribution in [0.3, 0.4) is 0 Å². The van der Waals surface area contributed by atoms with Crippen LogP contribution >= 0.6 is 0 Å². The van der Waals surface area contributed by atoms with Gasteiger partial charge in [0.05, 0.1) is 12.2 Å². The Hall–Kier alpha value is -2.74. The van der Waals surface area contributed by atoms with Crippen LogP contribution in [0.1, 0.15) is 37.3 Å². The molecule has 0 amide bonds. The molecule has 0 radical (unpaired) electrons. The highest BCUT2D eigenvalue weighted by atomic mass is 16.1. The molecule has 1 saturated heterocycles. The third-order valence-corrected chi connectivity index (χ3v) is 4.94. The number of likely N-dealkylation sites (tertiary alicyclic amines) is 1. The Bertz CT molecular complexity index is 911. The van der Waals surface area contributed by atoms with Gasteiger partial charge in [0, 0.05) is 19.0 Å². The van der Waals surface area contributed by atoms with E-state index in [-0.39, 0.29) is 11.6 Å². The van der Waals surface area contributed by atoms with Gasteiger partial charge in [-0.15, -0.1) is 0 Å². The second-order valence-electron chi connectivity index (χ2n) is 6.62. The van der Waals surface area contributed by atoms with E-state index in [0.29, 0.717) is 0 Å². The van der Waals surface area contributed by atoms with Crippen LogP contribution in [0.5, 0.6) is 0 Å². The molecule has 2 aromatic heterocycles. The third-order valence-electron chi connectivity index (χ3n) is 4.94. The van der Waals surface area contributed by atoms with Gasteiger partial charge in [-0.25, -0.2) is 24.1 Å². The number of aromatic amines is 1. The molecule has 1 aliphatic heterocycles. The summed E-state index contributed by atoms with van der Waals surface area (Å²) in [7, 11) is 0. The van der Waals surface area contributed by atoms with Crippen molar-refractivity contribution in [1.29, 1.82) is 0 Å². The van der Waals surface area contributed by atoms with Crippen LogP contribution in [-0.2, 0) is 13.1 Å². The van der Waals surface area contributed by atoms with Crippen molar-refractivity contribution in [2.24, 2.45) is 0 Å². The molecule has 4 rings (SSSR count). The third kappa shape index (κ3) is 3.20. The molecule has 3 aromatic rings. The number of nitrogens with one attached hydrogen (secondary N) is 1. The highest BCUT2D eigenvalue weighted by molar-refractivity contribution is 5.32. The minimum absolute atomic E-state index is 0.186. The predicted molar refractivity (Wildman–Crippen MR) is 97.1 cm³/mol. The summed E-state index contributed by atoms with van der Waals surface area (Å²) < 4.78 is 3.63. The smallest absolute Gasteiger partial charge is 0.295 e. The lowest BCUT2D eigenvalue weighted by Gasteiger charge is -2.31. The number of aryl methyl sites for hydroxylation is 1. The molecule has 136 valence electrons. The first kappa shape index (κ1) is 16.7. The number of hydrogen-bond donors (Lipinski definition) is 1. The molecule has 1 aliphatic rings. The zero-order valence-corrected chi connectivity index (χ0v) is 14.9. The Labute approximate surface area is 151 Å². The van der Waals surface area contributed by atoms with Gasteiger partial charge in [0.2, 0.25) is 0 Å². The van der Waals surface area contributed by atoms with Gasteiger partial charge in [0.15, 0.2) is 0 Å². The summed E-state index contributed by atoms with van der Waals surface area (Å²) in [6, 6.07) is 9.68. The van der Waals surface area contributed by atoms with Crippen LogP contribution in [0, 0.1) is 0 Å². The molecular weight excluding hydrogens is 330 g/mol. The molecule has 3 heterocycles. The predicted octanol–water partition coefficient (Wildman–Crippen LogP) is 1.55. The van der Waals surface area contributed by atoms with Crippen LogP contribution in [-0.4, -0.2) is 47.5 Å². The average molecular weight is 353 g/mol. The number of benzene rings is 1. The molecule has 1 aromatic carbocycles. The summed E-state index contributed by atoms with van der Waals surface area (Å²) in [5.74, 6) is 2.00. The van der Waals surface area contributed by atoms with Gasteiger partial charge >= 0.3 is 5.69 Å². The minimum Gasteiger partial charge on any atom is -0.295 e. The number of nitrogens with zero attached hydrogens (tertiary/aromatic N) is 6. The van der Waals surface area contributed by atoms with Gasteiger partial charge in [-0.05, 0) is 38.4 Å². The van der Waals surface area contributed by atoms with Crippen molar-refractivity contribution in [2.75, 3.05) is 13.1 Å². The fourth-order valence-corrected chi connectivity index (χ4v) is 3.69. The summed E-state index contributed by atoms with van der Waals surface area (Å²) in [5, 5.41) is 11.2. The quantitative estimate of drug-likeness (QED) is 0.752. The maximum absolute atomic E-state index is 12.3. The second kappa shape index (κ2) is 7.25. The van der Waals surface area contributed by atoms with Crippen LogP contribution in [0.25, 0.3) is 5.69 Å². The molecule has 8 nitrogen and oxygen atoms in total. The molecule has 8 heteroatoms. The molecule has 0 aliphatic carbocycles. The molecule has 1 fully saturated rings. The highest BCUT2D eigenvalue weighted by Crippen LogP contribution is 2.27. The Morgan fingerprint density at radius 2 is 2.12 bits per heavy atom. The van der Waals surface area contributed by atoms with E-state index in [1.165, 1.54) is 0 Å². The molecular formula is C18H23N7O. The van der Waals surface area contributed by atoms with Crippen molar-refractivity contribution in [2.45, 2.75) is 38.8 Å². The minimum atomic E-state index is -0.186. The monoisotopic (exact) mass is 353 g/mol. The summed E-state index contributed by atoms with van der Waals surface area (Å²) in [6.45, 7) is 5.53. The Morgan fingerprint density at radius 3 is 2.92 bits per heavy atom. The lowest BCUT2D eigenvalue weighted by Crippen LogP contribution is -2.36. The van der Waals surface area contributed by atoms with Crippen molar-refractivity contribution < 1.29 is 0 Å². The molecule has 0 saturated carbocycles. The zero-order chi connectivity index (χ0) is 17.9. The second-order valence-corrected chi connectivity index (χ2v) is 6.62. The maximum atomic E-state index is 12.3. The van der Waals surface area contributed by atoms with Crippen molar-refractivity contribution in [3.63, 3.8) is 0 Å². The van der Waals surface area contributed by atoms with Crippen LogP contribution in [0.15, 0.2) is 41.5 Å². The molecule has 1 atom stereocenters. The lowest BCUT2D eigenvalue weighted by atomic mass is 9.97. The summed E-state index contributed by atoms with van der Waals surface area (Å²) in [5.41, 5.74) is 0.665. The van der Waals surface area contributed by atoms with E-state index in [2.05, 4.69) is 32.1 Å². The van der Waals surface area contributed by atoms with E-state index in [9.17, 15) is 4.79 Å². The number of rotatable bonds is 5. The first-order chi connectivity index (χ1) is 12.8. The summed E-state index contributed by atoms with van der Waals surface area (Å²) >= 11 is 0. The fourth-order valence-electron chi connectivity index (χ4n) is 3.69. The fraction of sp³-hybridized carbons (Fsp3) is 0.444. The first-order valence-electron chi connectivity index (χ1n) is 9.08. The molecule has 26 heavy (non-hydrogen) atoms. The number of H-pyrrole nitrogens is 1. The molecule has 0 spiro atoms. The van der Waals surface area contributed by atoms with Gasteiger partial charge in [0.25, 0.3) is 0 Å². The van der Waals surface area contributed by atoms with Gasteiger partial charge in [-0.3, -0.25) is 4.90 Å². The Balaban J connectivity index is 1.57. The molecule has 1 N–H and O–H groups in total. The van der Waals surface area contributed by atoms with Gasteiger partial charge < -0.3 is 0 Å². The largest absolute Gasteiger partial charge is 0.347 e. The van der Waals surface area contributed by atoms with Crippen LogP contribution in [0.2, 0.25) is 0 Å². The highest BCUT2D eigenvalue weighted by Gasteiger charge is 2.27. The van der Waals surface area contributed by atoms with E-state index in [1.54, 1.807) is 10.9 Å². The molecule has 0 unspecified atom stereocenters. The lowest BCUT2D eigenvalue weighted by molar-refractivity contribution is 0.188. The van der Waals surface area contributed by atoms with Crippen molar-refractivity contribution in [3.8, 4) is 5.69 Å². The number of piperidine rings is 1. The van der Waals surface area contributed by atoms with Crippen LogP contribution in [0.4, 0.5) is 0 Å².